The van der Waals surface area contributed by atoms with Gasteiger partial charge in [0.15, 0.2) is 0 Å². The van der Waals surface area contributed by atoms with Crippen LogP contribution in [0.1, 0.15) is 19.8 Å². The number of hydrogen-bond donors (Lipinski definition) is 2. The highest BCUT2D eigenvalue weighted by molar-refractivity contribution is 7.98. The Morgan fingerprint density at radius 3 is 2.75 bits per heavy atom. The maximum atomic E-state index is 11.1. The second-order valence-corrected chi connectivity index (χ2v) is 3.96. The van der Waals surface area contributed by atoms with Gasteiger partial charge in [0.05, 0.1) is 0 Å². The molecule has 1 unspecified atom stereocenters. The fraction of sp³-hybridized carbons (Fsp3) is 0.875. The number of thioether (sulfide) groups is 1. The van der Waals surface area contributed by atoms with Gasteiger partial charge in [-0.15, -0.1) is 0 Å². The Balaban J connectivity index is 3.61. The van der Waals surface area contributed by atoms with Gasteiger partial charge in [-0.25, -0.2) is 0 Å². The lowest BCUT2D eigenvalue weighted by Gasteiger charge is -2.14. The van der Waals surface area contributed by atoms with Gasteiger partial charge in [-0.1, -0.05) is 6.92 Å². The quantitative estimate of drug-likeness (QED) is 0.647. The molecule has 0 aliphatic rings. The van der Waals surface area contributed by atoms with Gasteiger partial charge in [0.2, 0.25) is 5.91 Å². The molecule has 4 heteroatoms. The van der Waals surface area contributed by atoms with E-state index in [2.05, 4.69) is 24.9 Å². The smallest absolute Gasteiger partial charge is 0.221 e. The Kier molecular flexibility index (Phi) is 7.91. The number of hydrogen-bond acceptors (Lipinski definition) is 3. The lowest BCUT2D eigenvalue weighted by Crippen LogP contribution is -2.36. The molecule has 0 saturated heterocycles. The number of carbonyl (C=O) groups is 1. The van der Waals surface area contributed by atoms with Gasteiger partial charge in [-0.05, 0) is 18.4 Å². The van der Waals surface area contributed by atoms with Crippen molar-refractivity contribution < 1.29 is 4.79 Å². The first kappa shape index (κ1) is 12.2. The van der Waals surface area contributed by atoms with Crippen LogP contribution < -0.4 is 5.32 Å². The first-order valence-corrected chi connectivity index (χ1v) is 6.16. The van der Waals surface area contributed by atoms with Crippen LogP contribution in [0.5, 0.6) is 0 Å². The molecule has 0 aliphatic heterocycles. The van der Waals surface area contributed by atoms with Gasteiger partial charge < -0.3 is 5.32 Å². The predicted molar refractivity (Wildman–Crippen MR) is 59.1 cm³/mol. The summed E-state index contributed by atoms with van der Waals surface area (Å²) in [5.74, 6) is 1.74. The SMILES string of the molecule is CCC(CSC)NC(=O)CCS. The minimum absolute atomic E-state index is 0.117. The van der Waals surface area contributed by atoms with Gasteiger partial charge >= 0.3 is 0 Å². The normalized spacial score (nSPS) is 12.6. The Bertz CT molecular complexity index is 130. The molecule has 0 aromatic carbocycles. The minimum Gasteiger partial charge on any atom is -0.353 e. The van der Waals surface area contributed by atoms with Crippen molar-refractivity contribution in [1.29, 1.82) is 0 Å². The van der Waals surface area contributed by atoms with Crippen molar-refractivity contribution in [2.24, 2.45) is 0 Å². The molecule has 1 atom stereocenters. The lowest BCUT2D eigenvalue weighted by molar-refractivity contribution is -0.121. The molecule has 0 aromatic heterocycles. The Hall–Kier alpha value is 0.170. The molecule has 2 nitrogen and oxygen atoms in total. The standard InChI is InChI=1S/C8H17NOS2/c1-3-7(6-12-2)9-8(10)4-5-11/h7,11H,3-6H2,1-2H3,(H,9,10). The number of carbonyl (C=O) groups excluding carboxylic acids is 1. The van der Waals surface area contributed by atoms with E-state index in [0.717, 1.165) is 12.2 Å². The van der Waals surface area contributed by atoms with E-state index in [9.17, 15) is 4.79 Å². The molecule has 0 saturated carbocycles. The Labute approximate surface area is 84.3 Å². The van der Waals surface area contributed by atoms with Crippen molar-refractivity contribution in [3.8, 4) is 0 Å². The van der Waals surface area contributed by atoms with Gasteiger partial charge in [0.1, 0.15) is 0 Å². The van der Waals surface area contributed by atoms with Crippen LogP contribution in [0.2, 0.25) is 0 Å². The first-order valence-electron chi connectivity index (χ1n) is 4.13. The molecule has 1 amide bonds. The van der Waals surface area contributed by atoms with Gasteiger partial charge in [-0.3, -0.25) is 4.79 Å². The van der Waals surface area contributed by atoms with Crippen molar-refractivity contribution >= 4 is 30.3 Å². The van der Waals surface area contributed by atoms with E-state index in [1.165, 1.54) is 0 Å². The topological polar surface area (TPSA) is 29.1 Å². The second-order valence-electron chi connectivity index (χ2n) is 2.60. The van der Waals surface area contributed by atoms with Crippen LogP contribution >= 0.6 is 24.4 Å². The van der Waals surface area contributed by atoms with E-state index < -0.39 is 0 Å². The van der Waals surface area contributed by atoms with E-state index in [1.807, 2.05) is 6.26 Å². The summed E-state index contributed by atoms with van der Waals surface area (Å²) in [5.41, 5.74) is 0. The van der Waals surface area contributed by atoms with Gasteiger partial charge in [0, 0.05) is 18.2 Å². The molecular formula is C8H17NOS2. The van der Waals surface area contributed by atoms with Crippen LogP contribution in [-0.2, 0) is 4.79 Å². The summed E-state index contributed by atoms with van der Waals surface area (Å²) in [7, 11) is 0. The monoisotopic (exact) mass is 207 g/mol. The number of thiol groups is 1. The molecule has 0 aromatic rings. The zero-order chi connectivity index (χ0) is 9.40. The molecule has 0 heterocycles. The fourth-order valence-electron chi connectivity index (χ4n) is 0.864. The molecule has 0 spiro atoms. The fourth-order valence-corrected chi connectivity index (χ4v) is 1.79. The van der Waals surface area contributed by atoms with E-state index in [0.29, 0.717) is 18.2 Å². The van der Waals surface area contributed by atoms with E-state index in [1.54, 1.807) is 11.8 Å². The van der Waals surface area contributed by atoms with E-state index >= 15 is 0 Å². The zero-order valence-corrected chi connectivity index (χ0v) is 9.38. The molecule has 0 aliphatic carbocycles. The van der Waals surface area contributed by atoms with Crippen LogP contribution in [0.25, 0.3) is 0 Å². The summed E-state index contributed by atoms with van der Waals surface area (Å²) < 4.78 is 0. The molecule has 1 N–H and O–H groups in total. The number of amides is 1. The summed E-state index contributed by atoms with van der Waals surface area (Å²) in [4.78, 5) is 11.1. The maximum Gasteiger partial charge on any atom is 0.221 e. The molecular weight excluding hydrogens is 190 g/mol. The number of nitrogens with one attached hydrogen (secondary N) is 1. The van der Waals surface area contributed by atoms with E-state index in [4.69, 9.17) is 0 Å². The minimum atomic E-state index is 0.117. The summed E-state index contributed by atoms with van der Waals surface area (Å²) in [6.45, 7) is 2.09. The summed E-state index contributed by atoms with van der Waals surface area (Å²) >= 11 is 5.76. The van der Waals surface area contributed by atoms with Crippen LogP contribution in [-0.4, -0.2) is 29.7 Å². The van der Waals surface area contributed by atoms with Crippen LogP contribution in [0.3, 0.4) is 0 Å². The first-order chi connectivity index (χ1) is 5.74. The third-order valence-electron chi connectivity index (χ3n) is 1.56. The molecule has 0 bridgehead atoms. The van der Waals surface area contributed by atoms with Crippen LogP contribution in [0.4, 0.5) is 0 Å². The van der Waals surface area contributed by atoms with Crippen molar-refractivity contribution in [1.82, 2.24) is 5.32 Å². The van der Waals surface area contributed by atoms with Crippen molar-refractivity contribution in [2.45, 2.75) is 25.8 Å². The summed E-state index contributed by atoms with van der Waals surface area (Å²) in [6, 6.07) is 0.326. The molecule has 0 radical (unpaired) electrons. The molecule has 0 rings (SSSR count). The molecule has 0 fully saturated rings. The zero-order valence-electron chi connectivity index (χ0n) is 7.67. The Morgan fingerprint density at radius 2 is 2.33 bits per heavy atom. The largest absolute Gasteiger partial charge is 0.353 e. The summed E-state index contributed by atoms with van der Waals surface area (Å²) in [6.07, 6.45) is 3.57. The third kappa shape index (κ3) is 5.77. The highest BCUT2D eigenvalue weighted by Gasteiger charge is 2.07. The summed E-state index contributed by atoms with van der Waals surface area (Å²) in [5, 5.41) is 2.96. The van der Waals surface area contributed by atoms with E-state index in [-0.39, 0.29) is 5.91 Å². The lowest BCUT2D eigenvalue weighted by atomic mass is 10.2. The van der Waals surface area contributed by atoms with Crippen LogP contribution in [0, 0.1) is 0 Å². The van der Waals surface area contributed by atoms with Crippen molar-refractivity contribution in [3.05, 3.63) is 0 Å². The Morgan fingerprint density at radius 1 is 1.67 bits per heavy atom. The second kappa shape index (κ2) is 7.80. The third-order valence-corrected chi connectivity index (χ3v) is 2.52. The van der Waals surface area contributed by atoms with Crippen molar-refractivity contribution in [3.63, 3.8) is 0 Å². The average Bonchev–Trinajstić information content (AvgIpc) is 2.04. The number of rotatable bonds is 6. The van der Waals surface area contributed by atoms with Crippen LogP contribution in [0.15, 0.2) is 0 Å². The molecule has 12 heavy (non-hydrogen) atoms. The predicted octanol–water partition coefficient (Wildman–Crippen LogP) is 1.56. The van der Waals surface area contributed by atoms with Gasteiger partial charge in [-0.2, -0.15) is 24.4 Å². The van der Waals surface area contributed by atoms with Crippen molar-refractivity contribution in [2.75, 3.05) is 17.8 Å². The maximum absolute atomic E-state index is 11.1. The van der Waals surface area contributed by atoms with Gasteiger partial charge in [0.25, 0.3) is 0 Å². The highest BCUT2D eigenvalue weighted by Crippen LogP contribution is 2.01. The highest BCUT2D eigenvalue weighted by atomic mass is 32.2. The average molecular weight is 207 g/mol. The molecule has 72 valence electrons.